The number of nitrogens with zero attached hydrogens (tertiary/aromatic N) is 2. The van der Waals surface area contributed by atoms with Crippen LogP contribution in [-0.2, 0) is 16.4 Å². The molecular formula is C13H15N5O2S. The highest BCUT2D eigenvalue weighted by molar-refractivity contribution is 7.89. The first-order valence-corrected chi connectivity index (χ1v) is 7.79. The van der Waals surface area contributed by atoms with E-state index in [9.17, 15) is 8.42 Å². The van der Waals surface area contributed by atoms with Crippen LogP contribution in [0.4, 0.5) is 5.69 Å². The number of sulfonamides is 1. The standard InChI is InChI=1S/C13H15N5O2S/c14-9-10-8-11(15)3-4-12(10)21(19,20)18-5-1-2-13-16-6-7-17-13/h3-4,6-8,18H,1-2,5,15H2,(H,16,17). The molecule has 1 aromatic carbocycles. The van der Waals surface area contributed by atoms with Crippen LogP contribution in [0.2, 0.25) is 0 Å². The molecule has 0 amide bonds. The highest BCUT2D eigenvalue weighted by Gasteiger charge is 2.18. The minimum atomic E-state index is -3.72. The van der Waals surface area contributed by atoms with Crippen LogP contribution in [0.3, 0.4) is 0 Å². The molecule has 0 spiro atoms. The summed E-state index contributed by atoms with van der Waals surface area (Å²) in [6, 6.07) is 5.98. The fourth-order valence-electron chi connectivity index (χ4n) is 1.84. The van der Waals surface area contributed by atoms with Gasteiger partial charge in [0.25, 0.3) is 0 Å². The number of rotatable bonds is 6. The van der Waals surface area contributed by atoms with E-state index in [1.807, 2.05) is 6.07 Å². The summed E-state index contributed by atoms with van der Waals surface area (Å²) >= 11 is 0. The number of aromatic nitrogens is 2. The van der Waals surface area contributed by atoms with Crippen molar-refractivity contribution in [1.29, 1.82) is 5.26 Å². The maximum absolute atomic E-state index is 12.2. The lowest BCUT2D eigenvalue weighted by molar-refractivity contribution is 0.578. The highest BCUT2D eigenvalue weighted by Crippen LogP contribution is 2.17. The van der Waals surface area contributed by atoms with Crippen LogP contribution in [-0.4, -0.2) is 24.9 Å². The molecule has 2 aromatic rings. The Labute approximate surface area is 122 Å². The summed E-state index contributed by atoms with van der Waals surface area (Å²) in [7, 11) is -3.72. The Hall–Kier alpha value is -2.37. The molecule has 21 heavy (non-hydrogen) atoms. The Kier molecular flexibility index (Phi) is 4.57. The third kappa shape index (κ3) is 3.81. The van der Waals surface area contributed by atoms with Crippen molar-refractivity contribution < 1.29 is 8.42 Å². The molecule has 0 atom stereocenters. The van der Waals surface area contributed by atoms with Crippen LogP contribution in [0, 0.1) is 11.3 Å². The van der Waals surface area contributed by atoms with Gasteiger partial charge in [-0.3, -0.25) is 0 Å². The fraction of sp³-hybridized carbons (Fsp3) is 0.231. The molecular weight excluding hydrogens is 290 g/mol. The zero-order chi connectivity index (χ0) is 15.3. The Morgan fingerprint density at radius 3 is 2.90 bits per heavy atom. The number of nitriles is 1. The first-order valence-electron chi connectivity index (χ1n) is 6.30. The quantitative estimate of drug-likeness (QED) is 0.537. The number of imidazole rings is 1. The Morgan fingerprint density at radius 2 is 2.24 bits per heavy atom. The largest absolute Gasteiger partial charge is 0.399 e. The summed E-state index contributed by atoms with van der Waals surface area (Å²) in [5, 5.41) is 8.99. The number of hydrogen-bond acceptors (Lipinski definition) is 5. The van der Waals surface area contributed by atoms with E-state index in [-0.39, 0.29) is 17.0 Å². The number of aromatic amines is 1. The number of aryl methyl sites for hydroxylation is 1. The van der Waals surface area contributed by atoms with Gasteiger partial charge >= 0.3 is 0 Å². The third-order valence-electron chi connectivity index (χ3n) is 2.85. The Morgan fingerprint density at radius 1 is 1.43 bits per heavy atom. The van der Waals surface area contributed by atoms with Crippen molar-refractivity contribution in [2.75, 3.05) is 12.3 Å². The SMILES string of the molecule is N#Cc1cc(N)ccc1S(=O)(=O)NCCCc1ncc[nH]1. The van der Waals surface area contributed by atoms with E-state index in [4.69, 9.17) is 11.0 Å². The topological polar surface area (TPSA) is 125 Å². The first-order chi connectivity index (χ1) is 10.0. The average Bonchev–Trinajstić information content (AvgIpc) is 2.96. The second-order valence-electron chi connectivity index (χ2n) is 4.40. The van der Waals surface area contributed by atoms with Crippen molar-refractivity contribution in [3.63, 3.8) is 0 Å². The molecule has 0 saturated heterocycles. The van der Waals surface area contributed by atoms with Gasteiger partial charge in [-0.1, -0.05) is 0 Å². The number of hydrogen-bond donors (Lipinski definition) is 3. The van der Waals surface area contributed by atoms with Gasteiger partial charge in [0.05, 0.1) is 10.5 Å². The van der Waals surface area contributed by atoms with Gasteiger partial charge in [-0.05, 0) is 24.6 Å². The summed E-state index contributed by atoms with van der Waals surface area (Å²) in [6.45, 7) is 0.262. The van der Waals surface area contributed by atoms with E-state index in [1.165, 1.54) is 18.2 Å². The van der Waals surface area contributed by atoms with Gasteiger partial charge in [-0.25, -0.2) is 18.1 Å². The van der Waals surface area contributed by atoms with Crippen LogP contribution >= 0.6 is 0 Å². The van der Waals surface area contributed by atoms with Gasteiger partial charge in [0.2, 0.25) is 10.0 Å². The first kappa shape index (κ1) is 15.0. The molecule has 2 rings (SSSR count). The number of nitrogen functional groups attached to an aromatic ring is 1. The van der Waals surface area contributed by atoms with Gasteiger partial charge < -0.3 is 10.7 Å². The molecule has 0 aliphatic heterocycles. The van der Waals surface area contributed by atoms with Crippen molar-refractivity contribution in [3.8, 4) is 6.07 Å². The predicted molar refractivity (Wildman–Crippen MR) is 77.7 cm³/mol. The maximum Gasteiger partial charge on any atom is 0.241 e. The smallest absolute Gasteiger partial charge is 0.241 e. The number of anilines is 1. The second-order valence-corrected chi connectivity index (χ2v) is 6.14. The van der Waals surface area contributed by atoms with Gasteiger partial charge in [-0.15, -0.1) is 0 Å². The normalized spacial score (nSPS) is 11.2. The summed E-state index contributed by atoms with van der Waals surface area (Å²) < 4.78 is 26.8. The molecule has 0 saturated carbocycles. The summed E-state index contributed by atoms with van der Waals surface area (Å²) in [6.07, 6.45) is 4.60. The van der Waals surface area contributed by atoms with Crippen LogP contribution < -0.4 is 10.5 Å². The monoisotopic (exact) mass is 305 g/mol. The third-order valence-corrected chi connectivity index (χ3v) is 4.37. The molecule has 0 fully saturated rings. The van der Waals surface area contributed by atoms with Gasteiger partial charge in [0, 0.05) is 31.0 Å². The van der Waals surface area contributed by atoms with Gasteiger partial charge in [-0.2, -0.15) is 5.26 Å². The van der Waals surface area contributed by atoms with Crippen molar-refractivity contribution in [3.05, 3.63) is 42.0 Å². The van der Waals surface area contributed by atoms with Crippen molar-refractivity contribution in [2.24, 2.45) is 0 Å². The molecule has 1 heterocycles. The molecule has 0 aliphatic rings. The average molecular weight is 305 g/mol. The van der Waals surface area contributed by atoms with Gasteiger partial charge in [0.15, 0.2) is 0 Å². The molecule has 0 bridgehead atoms. The predicted octanol–water partition coefficient (Wildman–Crippen LogP) is 0.775. The van der Waals surface area contributed by atoms with Crippen LogP contribution in [0.1, 0.15) is 17.8 Å². The molecule has 0 radical (unpaired) electrons. The molecule has 4 N–H and O–H groups in total. The van der Waals surface area contributed by atoms with Gasteiger partial charge in [0.1, 0.15) is 11.9 Å². The Bertz CT molecular complexity index is 747. The summed E-state index contributed by atoms with van der Waals surface area (Å²) in [5.41, 5.74) is 5.93. The van der Waals surface area contributed by atoms with E-state index in [0.717, 1.165) is 5.82 Å². The van der Waals surface area contributed by atoms with Crippen molar-refractivity contribution in [1.82, 2.24) is 14.7 Å². The van der Waals surface area contributed by atoms with E-state index < -0.39 is 10.0 Å². The van der Waals surface area contributed by atoms with E-state index >= 15 is 0 Å². The maximum atomic E-state index is 12.2. The minimum Gasteiger partial charge on any atom is -0.399 e. The molecule has 8 heteroatoms. The Balaban J connectivity index is 2.00. The molecule has 110 valence electrons. The van der Waals surface area contributed by atoms with E-state index in [0.29, 0.717) is 18.5 Å². The lowest BCUT2D eigenvalue weighted by atomic mass is 10.2. The molecule has 0 aliphatic carbocycles. The zero-order valence-electron chi connectivity index (χ0n) is 11.2. The molecule has 0 unspecified atom stereocenters. The minimum absolute atomic E-state index is 0.0357. The summed E-state index contributed by atoms with van der Waals surface area (Å²) in [5.74, 6) is 0.805. The zero-order valence-corrected chi connectivity index (χ0v) is 12.0. The molecule has 1 aromatic heterocycles. The van der Waals surface area contributed by atoms with Crippen LogP contribution in [0.15, 0.2) is 35.5 Å². The van der Waals surface area contributed by atoms with Crippen molar-refractivity contribution in [2.45, 2.75) is 17.7 Å². The van der Waals surface area contributed by atoms with Crippen LogP contribution in [0.25, 0.3) is 0 Å². The van der Waals surface area contributed by atoms with Crippen molar-refractivity contribution >= 4 is 15.7 Å². The van der Waals surface area contributed by atoms with Crippen LogP contribution in [0.5, 0.6) is 0 Å². The number of benzene rings is 1. The lowest BCUT2D eigenvalue weighted by Gasteiger charge is -2.08. The number of nitrogens with two attached hydrogens (primary N) is 1. The molecule has 7 nitrogen and oxygen atoms in total. The van der Waals surface area contributed by atoms with E-state index in [2.05, 4.69) is 14.7 Å². The summed E-state index contributed by atoms with van der Waals surface area (Å²) in [4.78, 5) is 6.94. The van der Waals surface area contributed by atoms with E-state index in [1.54, 1.807) is 12.4 Å². The lowest BCUT2D eigenvalue weighted by Crippen LogP contribution is -2.26. The fourth-order valence-corrected chi connectivity index (χ4v) is 3.05. The number of H-pyrrole nitrogens is 1. The second kappa shape index (κ2) is 6.39. The number of nitrogens with one attached hydrogen (secondary N) is 2. The highest BCUT2D eigenvalue weighted by atomic mass is 32.2.